The van der Waals surface area contributed by atoms with Gasteiger partial charge >= 0.3 is 123 Å². The van der Waals surface area contributed by atoms with Crippen LogP contribution in [0.15, 0.2) is 22.7 Å². The molecule has 1 amide bonds. The average molecular weight is 368 g/mol. The van der Waals surface area contributed by atoms with Crippen molar-refractivity contribution in [3.05, 3.63) is 28.4 Å². The van der Waals surface area contributed by atoms with Crippen molar-refractivity contribution in [2.45, 2.75) is 13.3 Å². The van der Waals surface area contributed by atoms with Gasteiger partial charge in [-0.25, -0.2) is 0 Å². The van der Waals surface area contributed by atoms with Crippen molar-refractivity contribution in [2.24, 2.45) is 0 Å². The fourth-order valence-electron chi connectivity index (χ4n) is 1.56. The molecule has 18 heavy (non-hydrogen) atoms. The van der Waals surface area contributed by atoms with Crippen LogP contribution in [-0.4, -0.2) is 39.5 Å². The Bertz CT molecular complexity index is 603. The van der Waals surface area contributed by atoms with Crippen LogP contribution in [0, 0.1) is 0 Å². The van der Waals surface area contributed by atoms with Gasteiger partial charge in [-0.3, -0.25) is 0 Å². The molecule has 1 aromatic carbocycles. The van der Waals surface area contributed by atoms with Crippen molar-refractivity contribution in [3.63, 3.8) is 0 Å². The number of halogens is 1. The minimum atomic E-state index is -0.179. The van der Waals surface area contributed by atoms with Crippen molar-refractivity contribution in [3.8, 4) is 0 Å². The molecule has 4 nitrogen and oxygen atoms in total. The third-order valence-corrected chi connectivity index (χ3v) is 4.06. The number of benzene rings is 1. The van der Waals surface area contributed by atoms with Gasteiger partial charge in [0.15, 0.2) is 0 Å². The van der Waals surface area contributed by atoms with Crippen LogP contribution in [0.25, 0.3) is 10.9 Å². The molecule has 6 heteroatoms. The van der Waals surface area contributed by atoms with E-state index >= 15 is 0 Å². The molecule has 1 N–H and O–H groups in total. The van der Waals surface area contributed by atoms with Crippen LogP contribution < -0.4 is 9.67 Å². The van der Waals surface area contributed by atoms with E-state index in [0.29, 0.717) is 12.2 Å². The van der Waals surface area contributed by atoms with E-state index in [2.05, 4.69) is 48.3 Å². The van der Waals surface area contributed by atoms with Crippen molar-refractivity contribution in [1.82, 2.24) is 15.5 Å². The number of aromatic nitrogens is 2. The van der Waals surface area contributed by atoms with Gasteiger partial charge in [-0.2, -0.15) is 0 Å². The van der Waals surface area contributed by atoms with Gasteiger partial charge in [-0.1, -0.05) is 0 Å². The predicted molar refractivity (Wildman–Crippen MR) is 75.3 cm³/mol. The fourth-order valence-corrected chi connectivity index (χ4v) is 2.69. The van der Waals surface area contributed by atoms with Gasteiger partial charge in [0.2, 0.25) is 0 Å². The van der Waals surface area contributed by atoms with E-state index in [0.717, 1.165) is 26.1 Å². The predicted octanol–water partition coefficient (Wildman–Crippen LogP) is 1.33. The number of nitrogens with one attached hydrogen (secondary N) is 1. The number of nitrogens with zero attached hydrogens (tertiary/aromatic N) is 2. The SMILES string of the molecule is CCCNC(=O)c1nnc2c(Br)cccc2c1[As]. The standard InChI is InChI=1S/C12H11AsBrN3O/c1-2-6-15-12(18)11-9(13)7-4-3-5-8(14)10(7)16-17-11/h3-5H,2,6H2,1H3,(H,15,18). The second kappa shape index (κ2) is 5.81. The first-order valence-electron chi connectivity index (χ1n) is 5.57. The Morgan fingerprint density at radius 1 is 1.44 bits per heavy atom. The summed E-state index contributed by atoms with van der Waals surface area (Å²) in [5, 5.41) is 11.8. The molecule has 2 radical (unpaired) electrons. The monoisotopic (exact) mass is 367 g/mol. The number of hydrogen-bond donors (Lipinski definition) is 1. The van der Waals surface area contributed by atoms with E-state index in [4.69, 9.17) is 0 Å². The second-order valence-electron chi connectivity index (χ2n) is 3.79. The molecule has 0 bridgehead atoms. The first kappa shape index (κ1) is 13.5. The third kappa shape index (κ3) is 2.57. The molecule has 0 saturated heterocycles. The van der Waals surface area contributed by atoms with Crippen LogP contribution in [-0.2, 0) is 0 Å². The summed E-state index contributed by atoms with van der Waals surface area (Å²) < 4.78 is 1.67. The molecule has 0 spiro atoms. The van der Waals surface area contributed by atoms with Crippen LogP contribution >= 0.6 is 15.9 Å². The Kier molecular flexibility index (Phi) is 4.35. The van der Waals surface area contributed by atoms with Gasteiger partial charge in [0.25, 0.3) is 0 Å². The molecular formula is C12H11AsBrN3O. The summed E-state index contributed by atoms with van der Waals surface area (Å²) in [5.74, 6) is -0.179. The summed E-state index contributed by atoms with van der Waals surface area (Å²) in [6, 6.07) is 5.75. The Balaban J connectivity index is 2.48. The van der Waals surface area contributed by atoms with Crippen molar-refractivity contribution >= 4 is 53.9 Å². The molecular weight excluding hydrogens is 357 g/mol. The minimum absolute atomic E-state index is 0.179. The summed E-state index contributed by atoms with van der Waals surface area (Å²) in [4.78, 5) is 11.9. The zero-order valence-corrected chi connectivity index (χ0v) is 13.2. The van der Waals surface area contributed by atoms with Gasteiger partial charge in [0.1, 0.15) is 0 Å². The number of hydrogen-bond acceptors (Lipinski definition) is 3. The van der Waals surface area contributed by atoms with Crippen LogP contribution in [0.5, 0.6) is 0 Å². The van der Waals surface area contributed by atoms with Crippen molar-refractivity contribution in [1.29, 1.82) is 0 Å². The maximum absolute atomic E-state index is 11.9. The fraction of sp³-hybridized carbons (Fsp3) is 0.250. The Hall–Kier alpha value is -0.932. The Labute approximate surface area is 122 Å². The van der Waals surface area contributed by atoms with Crippen LogP contribution in [0.4, 0.5) is 0 Å². The van der Waals surface area contributed by atoms with Gasteiger partial charge in [0, 0.05) is 0 Å². The molecule has 92 valence electrons. The quantitative estimate of drug-likeness (QED) is 0.832. The van der Waals surface area contributed by atoms with E-state index in [9.17, 15) is 4.79 Å². The van der Waals surface area contributed by atoms with E-state index in [1.54, 1.807) is 0 Å². The molecule has 2 rings (SSSR count). The summed E-state index contributed by atoms with van der Waals surface area (Å²) in [6.45, 7) is 2.65. The third-order valence-electron chi connectivity index (χ3n) is 2.47. The number of carbonyl (C=O) groups excluding carboxylic acids is 1. The summed E-state index contributed by atoms with van der Waals surface area (Å²) in [6.07, 6.45) is 0.895. The summed E-state index contributed by atoms with van der Waals surface area (Å²) in [7, 11) is 0. The van der Waals surface area contributed by atoms with Crippen LogP contribution in [0.2, 0.25) is 0 Å². The molecule has 0 unspecified atom stereocenters. The Morgan fingerprint density at radius 3 is 2.94 bits per heavy atom. The van der Waals surface area contributed by atoms with Gasteiger partial charge in [-0.05, 0) is 0 Å². The molecule has 0 saturated carbocycles. The Morgan fingerprint density at radius 2 is 2.22 bits per heavy atom. The van der Waals surface area contributed by atoms with Gasteiger partial charge in [0.05, 0.1) is 0 Å². The molecule has 0 aliphatic carbocycles. The van der Waals surface area contributed by atoms with E-state index in [1.165, 1.54) is 0 Å². The van der Waals surface area contributed by atoms with E-state index in [-0.39, 0.29) is 5.91 Å². The number of rotatable bonds is 3. The summed E-state index contributed by atoms with van der Waals surface area (Å²) in [5.41, 5.74) is 1.13. The van der Waals surface area contributed by atoms with E-state index in [1.807, 2.05) is 25.1 Å². The normalized spacial score (nSPS) is 10.6. The number of carbonyl (C=O) groups is 1. The number of fused-ring (bicyclic) bond motifs is 1. The van der Waals surface area contributed by atoms with Crippen molar-refractivity contribution in [2.75, 3.05) is 6.54 Å². The summed E-state index contributed by atoms with van der Waals surface area (Å²) >= 11 is 5.83. The van der Waals surface area contributed by atoms with E-state index < -0.39 is 0 Å². The molecule has 0 aliphatic heterocycles. The molecule has 0 aliphatic rings. The maximum atomic E-state index is 11.9. The number of amides is 1. The first-order chi connectivity index (χ1) is 8.65. The molecule has 1 aromatic heterocycles. The zero-order chi connectivity index (χ0) is 13.1. The molecule has 0 atom stereocenters. The molecule has 2 aromatic rings. The second-order valence-corrected chi connectivity index (χ2v) is 5.58. The zero-order valence-electron chi connectivity index (χ0n) is 9.77. The van der Waals surface area contributed by atoms with Gasteiger partial charge in [-0.15, -0.1) is 0 Å². The van der Waals surface area contributed by atoms with Gasteiger partial charge < -0.3 is 0 Å². The van der Waals surface area contributed by atoms with Crippen LogP contribution in [0.1, 0.15) is 23.8 Å². The topological polar surface area (TPSA) is 54.9 Å². The molecule has 1 heterocycles. The van der Waals surface area contributed by atoms with Crippen molar-refractivity contribution < 1.29 is 4.79 Å². The first-order valence-corrected chi connectivity index (χ1v) is 7.30. The average Bonchev–Trinajstić information content (AvgIpc) is 2.37. The van der Waals surface area contributed by atoms with Crippen LogP contribution in [0.3, 0.4) is 0 Å². The molecule has 0 fully saturated rings.